The molecule has 25 heavy (non-hydrogen) atoms. The maximum Gasteiger partial charge on any atom is 0.238 e. The molecule has 2 N–H and O–H groups in total. The zero-order valence-electron chi connectivity index (χ0n) is 15.0. The van der Waals surface area contributed by atoms with Crippen molar-refractivity contribution in [3.8, 4) is 0 Å². The fourth-order valence-corrected chi connectivity index (χ4v) is 3.80. The van der Waals surface area contributed by atoms with Crippen molar-refractivity contribution < 1.29 is 9.59 Å². The maximum absolute atomic E-state index is 12.3. The third-order valence-electron chi connectivity index (χ3n) is 4.80. The van der Waals surface area contributed by atoms with Crippen LogP contribution in [0.4, 0.5) is 5.69 Å². The van der Waals surface area contributed by atoms with Gasteiger partial charge in [-0.15, -0.1) is 11.8 Å². The Bertz CT molecular complexity index is 617. The van der Waals surface area contributed by atoms with E-state index in [2.05, 4.69) is 10.6 Å². The van der Waals surface area contributed by atoms with Crippen molar-refractivity contribution in [2.75, 3.05) is 31.7 Å². The fraction of sp³-hybridized carbons (Fsp3) is 0.579. The fourth-order valence-electron chi connectivity index (χ4n) is 3.25. The van der Waals surface area contributed by atoms with Crippen LogP contribution in [0.15, 0.2) is 29.2 Å². The van der Waals surface area contributed by atoms with Gasteiger partial charge in [0.05, 0.1) is 18.8 Å². The lowest BCUT2D eigenvalue weighted by Crippen LogP contribution is -2.44. The van der Waals surface area contributed by atoms with Gasteiger partial charge in [-0.25, -0.2) is 0 Å². The lowest BCUT2D eigenvalue weighted by molar-refractivity contribution is -0.123. The molecule has 0 heterocycles. The van der Waals surface area contributed by atoms with Crippen LogP contribution < -0.4 is 10.6 Å². The number of amides is 2. The molecule has 6 heteroatoms. The van der Waals surface area contributed by atoms with Gasteiger partial charge in [-0.05, 0) is 63.0 Å². The first-order chi connectivity index (χ1) is 12.1. The molecular weight excluding hydrogens is 334 g/mol. The molecule has 0 bridgehead atoms. The van der Waals surface area contributed by atoms with Crippen LogP contribution in [0, 0.1) is 11.8 Å². The Morgan fingerprint density at radius 2 is 1.72 bits per heavy atom. The highest BCUT2D eigenvalue weighted by Gasteiger charge is 2.42. The second-order valence-electron chi connectivity index (χ2n) is 7.19. The van der Waals surface area contributed by atoms with Crippen molar-refractivity contribution in [3.63, 3.8) is 0 Å². The number of rotatable bonds is 9. The Morgan fingerprint density at radius 1 is 1.12 bits per heavy atom. The van der Waals surface area contributed by atoms with E-state index in [1.807, 2.05) is 37.6 Å². The van der Waals surface area contributed by atoms with Crippen molar-refractivity contribution in [2.24, 2.45) is 11.8 Å². The molecule has 1 aromatic rings. The number of hydrogen-bond acceptors (Lipinski definition) is 4. The Morgan fingerprint density at radius 3 is 2.32 bits per heavy atom. The summed E-state index contributed by atoms with van der Waals surface area (Å²) < 4.78 is 0. The van der Waals surface area contributed by atoms with Crippen LogP contribution >= 0.6 is 11.8 Å². The van der Waals surface area contributed by atoms with E-state index in [1.54, 1.807) is 16.7 Å². The van der Waals surface area contributed by atoms with E-state index in [0.29, 0.717) is 17.9 Å². The van der Waals surface area contributed by atoms with Gasteiger partial charge >= 0.3 is 0 Å². The summed E-state index contributed by atoms with van der Waals surface area (Å²) >= 11 is 1.60. The van der Waals surface area contributed by atoms with Crippen LogP contribution in [0.25, 0.3) is 0 Å². The van der Waals surface area contributed by atoms with E-state index in [9.17, 15) is 9.59 Å². The summed E-state index contributed by atoms with van der Waals surface area (Å²) in [7, 11) is 1.81. The predicted octanol–water partition coefficient (Wildman–Crippen LogP) is 2.58. The third-order valence-corrected chi connectivity index (χ3v) is 5.59. The highest BCUT2D eigenvalue weighted by atomic mass is 32.2. The molecule has 0 radical (unpaired) electrons. The first-order valence-corrected chi connectivity index (χ1v) is 10.2. The van der Waals surface area contributed by atoms with Crippen LogP contribution in [0.5, 0.6) is 0 Å². The van der Waals surface area contributed by atoms with Crippen LogP contribution in [-0.4, -0.2) is 49.1 Å². The van der Waals surface area contributed by atoms with Gasteiger partial charge < -0.3 is 10.6 Å². The number of carbonyl (C=O) groups is 2. The molecule has 2 saturated carbocycles. The van der Waals surface area contributed by atoms with E-state index in [4.69, 9.17) is 0 Å². The van der Waals surface area contributed by atoms with Crippen LogP contribution in [0.1, 0.15) is 25.7 Å². The van der Waals surface area contributed by atoms with Gasteiger partial charge in [0.15, 0.2) is 0 Å². The van der Waals surface area contributed by atoms with E-state index in [-0.39, 0.29) is 24.9 Å². The molecule has 5 nitrogen and oxygen atoms in total. The second kappa shape index (κ2) is 8.23. The molecule has 0 unspecified atom stereocenters. The van der Waals surface area contributed by atoms with Crippen LogP contribution in [0.2, 0.25) is 0 Å². The van der Waals surface area contributed by atoms with Crippen molar-refractivity contribution in [2.45, 2.75) is 36.6 Å². The van der Waals surface area contributed by atoms with Gasteiger partial charge in [0.2, 0.25) is 11.8 Å². The Labute approximate surface area is 153 Å². The Kier molecular flexibility index (Phi) is 6.02. The van der Waals surface area contributed by atoms with Crippen molar-refractivity contribution in [1.82, 2.24) is 10.2 Å². The van der Waals surface area contributed by atoms with E-state index in [0.717, 1.165) is 10.6 Å². The highest BCUT2D eigenvalue weighted by molar-refractivity contribution is 7.98. The van der Waals surface area contributed by atoms with Gasteiger partial charge in [-0.3, -0.25) is 14.5 Å². The molecule has 2 aliphatic rings. The number of anilines is 1. The van der Waals surface area contributed by atoms with Gasteiger partial charge in [0.1, 0.15) is 0 Å². The smallest absolute Gasteiger partial charge is 0.238 e. The van der Waals surface area contributed by atoms with Crippen LogP contribution in [0.3, 0.4) is 0 Å². The quantitative estimate of drug-likeness (QED) is 0.664. The lowest BCUT2D eigenvalue weighted by Gasteiger charge is -2.21. The number of nitrogens with zero attached hydrogens (tertiary/aromatic N) is 1. The molecule has 0 saturated heterocycles. The average Bonchev–Trinajstić information content (AvgIpc) is 3.47. The molecule has 0 spiro atoms. The molecule has 0 atom stereocenters. The van der Waals surface area contributed by atoms with E-state index < -0.39 is 0 Å². The number of para-hydroxylation sites is 1. The highest BCUT2D eigenvalue weighted by Crippen LogP contribution is 2.44. The summed E-state index contributed by atoms with van der Waals surface area (Å²) in [4.78, 5) is 27.3. The first kappa shape index (κ1) is 18.3. The Hall–Kier alpha value is -1.53. The number of thioether (sulfide) groups is 1. The number of carbonyl (C=O) groups excluding carboxylic acids is 2. The number of nitrogens with one attached hydrogen (secondary N) is 2. The van der Waals surface area contributed by atoms with Crippen molar-refractivity contribution in [1.29, 1.82) is 0 Å². The van der Waals surface area contributed by atoms with Gasteiger partial charge in [0, 0.05) is 10.9 Å². The van der Waals surface area contributed by atoms with Gasteiger partial charge in [-0.2, -0.15) is 0 Å². The zero-order valence-corrected chi connectivity index (χ0v) is 15.8. The summed E-state index contributed by atoms with van der Waals surface area (Å²) in [5, 5.41) is 6.13. The molecule has 3 rings (SSSR count). The Balaban J connectivity index is 1.44. The first-order valence-electron chi connectivity index (χ1n) is 8.97. The topological polar surface area (TPSA) is 61.4 Å². The normalized spacial score (nSPS) is 17.0. The average molecular weight is 362 g/mol. The summed E-state index contributed by atoms with van der Waals surface area (Å²) in [6, 6.07) is 8.10. The van der Waals surface area contributed by atoms with E-state index in [1.165, 1.54) is 25.7 Å². The lowest BCUT2D eigenvalue weighted by atomic mass is 10.1. The molecule has 136 valence electrons. The molecule has 2 fully saturated rings. The minimum absolute atomic E-state index is 0.0311. The molecule has 0 aliphatic heterocycles. The predicted molar refractivity (Wildman–Crippen MR) is 102 cm³/mol. The largest absolute Gasteiger partial charge is 0.352 e. The minimum Gasteiger partial charge on any atom is -0.352 e. The summed E-state index contributed by atoms with van der Waals surface area (Å²) in [6.45, 7) is 0.460. The minimum atomic E-state index is -0.0993. The number of likely N-dealkylation sites (N-methyl/N-ethyl adjacent to an activating group) is 1. The maximum atomic E-state index is 12.3. The van der Waals surface area contributed by atoms with Gasteiger partial charge in [-0.1, -0.05) is 12.1 Å². The number of benzene rings is 1. The SMILES string of the molecule is CSc1ccccc1NC(=O)CN(C)CC(=O)NC(C1CC1)C1CC1. The molecule has 1 aromatic carbocycles. The summed E-state index contributed by atoms with van der Waals surface area (Å²) in [6.07, 6.45) is 6.96. The van der Waals surface area contributed by atoms with Crippen molar-refractivity contribution >= 4 is 29.3 Å². The monoisotopic (exact) mass is 361 g/mol. The van der Waals surface area contributed by atoms with Crippen molar-refractivity contribution in [3.05, 3.63) is 24.3 Å². The van der Waals surface area contributed by atoms with Gasteiger partial charge in [0.25, 0.3) is 0 Å². The molecule has 2 amide bonds. The molecular formula is C19H27N3O2S. The standard InChI is InChI=1S/C19H27N3O2S/c1-22(11-17(23)20-15-5-3-4-6-16(15)25-2)12-18(24)21-19(13-7-8-13)14-9-10-14/h3-6,13-14,19H,7-12H2,1-2H3,(H,20,23)(H,21,24). The zero-order chi connectivity index (χ0) is 17.8. The molecule has 2 aliphatic carbocycles. The summed E-state index contributed by atoms with van der Waals surface area (Å²) in [5.41, 5.74) is 0.820. The summed E-state index contributed by atoms with van der Waals surface area (Å²) in [5.74, 6) is 1.31. The third kappa shape index (κ3) is 5.47. The van der Waals surface area contributed by atoms with E-state index >= 15 is 0 Å². The second-order valence-corrected chi connectivity index (χ2v) is 8.04. The molecule has 0 aromatic heterocycles. The number of hydrogen-bond donors (Lipinski definition) is 2. The van der Waals surface area contributed by atoms with Crippen LogP contribution in [-0.2, 0) is 9.59 Å².